The summed E-state index contributed by atoms with van der Waals surface area (Å²) in [5, 5.41) is 4.69. The van der Waals surface area contributed by atoms with Crippen LogP contribution in [0.25, 0.3) is 0 Å². The Morgan fingerprint density at radius 3 is 2.50 bits per heavy atom. The molecule has 0 aromatic heterocycles. The van der Waals surface area contributed by atoms with Crippen molar-refractivity contribution >= 4 is 23.7 Å². The summed E-state index contributed by atoms with van der Waals surface area (Å²) in [6, 6.07) is 18.4. The Bertz CT molecular complexity index is 1170. The van der Waals surface area contributed by atoms with Crippen LogP contribution < -0.4 is 19.6 Å². The molecule has 0 atom stereocenters. The number of carbonyl (C=O) groups excluding carboxylic acids is 1. The van der Waals surface area contributed by atoms with Crippen molar-refractivity contribution in [2.45, 2.75) is 39.9 Å². The standard InChI is InChI=1S/C27H29ClN2O4/c1-18-7-6-8-24(19(18)2)33-17-21-15-20(9-14-25(21)32-5)16-29-30-26(31)27(3,4)34-23-12-10-22(28)11-13-23/h6-16H,17H2,1-5H3,(H,30,31). The molecule has 0 heterocycles. The molecule has 34 heavy (non-hydrogen) atoms. The minimum absolute atomic E-state index is 0.337. The van der Waals surface area contributed by atoms with Crippen LogP contribution in [0, 0.1) is 13.8 Å². The lowest BCUT2D eigenvalue weighted by molar-refractivity contribution is -0.134. The Balaban J connectivity index is 1.65. The second-order valence-electron chi connectivity index (χ2n) is 8.32. The Hall–Kier alpha value is -3.51. The molecule has 0 aliphatic carbocycles. The molecule has 0 spiro atoms. The van der Waals surface area contributed by atoms with Crippen LogP contribution in [0.2, 0.25) is 5.02 Å². The van der Waals surface area contributed by atoms with Crippen LogP contribution in [-0.2, 0) is 11.4 Å². The van der Waals surface area contributed by atoms with Gasteiger partial charge in [0.05, 0.1) is 13.3 Å². The van der Waals surface area contributed by atoms with Gasteiger partial charge in [-0.25, -0.2) is 5.43 Å². The number of methoxy groups -OCH3 is 1. The van der Waals surface area contributed by atoms with Gasteiger partial charge in [0.1, 0.15) is 23.9 Å². The molecule has 0 saturated carbocycles. The zero-order valence-electron chi connectivity index (χ0n) is 20.0. The number of hydrogen-bond donors (Lipinski definition) is 1. The van der Waals surface area contributed by atoms with E-state index in [4.69, 9.17) is 25.8 Å². The maximum absolute atomic E-state index is 12.6. The van der Waals surface area contributed by atoms with E-state index in [-0.39, 0.29) is 5.91 Å². The third-order valence-electron chi connectivity index (χ3n) is 5.36. The highest BCUT2D eigenvalue weighted by atomic mass is 35.5. The number of rotatable bonds is 9. The molecule has 0 aliphatic rings. The summed E-state index contributed by atoms with van der Waals surface area (Å²) in [4.78, 5) is 12.6. The summed E-state index contributed by atoms with van der Waals surface area (Å²) in [6.45, 7) is 7.76. The van der Waals surface area contributed by atoms with Gasteiger partial charge in [-0.15, -0.1) is 0 Å². The van der Waals surface area contributed by atoms with Crippen molar-refractivity contribution in [2.75, 3.05) is 7.11 Å². The van der Waals surface area contributed by atoms with Crippen LogP contribution in [0.1, 0.15) is 36.1 Å². The van der Waals surface area contributed by atoms with E-state index in [9.17, 15) is 4.79 Å². The second kappa shape index (κ2) is 11.1. The zero-order chi connectivity index (χ0) is 24.7. The van der Waals surface area contributed by atoms with Crippen LogP contribution in [-0.4, -0.2) is 24.8 Å². The van der Waals surface area contributed by atoms with Crippen molar-refractivity contribution < 1.29 is 19.0 Å². The molecule has 178 valence electrons. The van der Waals surface area contributed by atoms with E-state index in [1.807, 2.05) is 37.3 Å². The van der Waals surface area contributed by atoms with Gasteiger partial charge in [-0.1, -0.05) is 23.7 Å². The number of aryl methyl sites for hydroxylation is 1. The average Bonchev–Trinajstić information content (AvgIpc) is 2.81. The van der Waals surface area contributed by atoms with Gasteiger partial charge in [0, 0.05) is 10.6 Å². The molecule has 6 nitrogen and oxygen atoms in total. The summed E-state index contributed by atoms with van der Waals surface area (Å²) in [7, 11) is 1.62. The predicted octanol–water partition coefficient (Wildman–Crippen LogP) is 5.85. The molecule has 3 aromatic rings. The zero-order valence-corrected chi connectivity index (χ0v) is 20.8. The topological polar surface area (TPSA) is 69.2 Å². The molecule has 0 saturated heterocycles. The van der Waals surface area contributed by atoms with Gasteiger partial charge in [0.2, 0.25) is 0 Å². The normalized spacial score (nSPS) is 11.4. The number of nitrogens with one attached hydrogen (secondary N) is 1. The van der Waals surface area contributed by atoms with Crippen molar-refractivity contribution in [3.05, 3.63) is 87.9 Å². The SMILES string of the molecule is COc1ccc(C=NNC(=O)C(C)(C)Oc2ccc(Cl)cc2)cc1COc1cccc(C)c1C. The molecule has 0 bridgehead atoms. The maximum atomic E-state index is 12.6. The first-order valence-corrected chi connectivity index (χ1v) is 11.2. The number of hydrogen-bond acceptors (Lipinski definition) is 5. The fraction of sp³-hybridized carbons (Fsp3) is 0.259. The Morgan fingerprint density at radius 2 is 1.79 bits per heavy atom. The van der Waals surface area contributed by atoms with Crippen molar-refractivity contribution in [3.63, 3.8) is 0 Å². The molecule has 0 radical (unpaired) electrons. The summed E-state index contributed by atoms with van der Waals surface area (Å²) in [6.07, 6.45) is 1.57. The number of benzene rings is 3. The number of hydrazone groups is 1. The van der Waals surface area contributed by atoms with Gasteiger partial charge in [-0.05, 0) is 92.9 Å². The van der Waals surface area contributed by atoms with Crippen molar-refractivity contribution in [1.29, 1.82) is 0 Å². The van der Waals surface area contributed by atoms with E-state index in [2.05, 4.69) is 23.5 Å². The fourth-order valence-corrected chi connectivity index (χ4v) is 3.30. The fourth-order valence-electron chi connectivity index (χ4n) is 3.17. The predicted molar refractivity (Wildman–Crippen MR) is 135 cm³/mol. The third kappa shape index (κ3) is 6.51. The van der Waals surface area contributed by atoms with Gasteiger partial charge < -0.3 is 14.2 Å². The summed E-state index contributed by atoms with van der Waals surface area (Å²) in [5.74, 6) is 1.70. The molecule has 1 amide bonds. The van der Waals surface area contributed by atoms with Crippen molar-refractivity contribution in [3.8, 4) is 17.2 Å². The summed E-state index contributed by atoms with van der Waals surface area (Å²) >= 11 is 5.90. The van der Waals surface area contributed by atoms with Crippen LogP contribution in [0.15, 0.2) is 65.8 Å². The van der Waals surface area contributed by atoms with Gasteiger partial charge in [0.25, 0.3) is 5.91 Å². The molecule has 3 aromatic carbocycles. The van der Waals surface area contributed by atoms with E-state index in [1.54, 1.807) is 51.4 Å². The average molecular weight is 481 g/mol. The first-order valence-electron chi connectivity index (χ1n) is 10.8. The lowest BCUT2D eigenvalue weighted by Crippen LogP contribution is -2.44. The van der Waals surface area contributed by atoms with Gasteiger partial charge in [-0.2, -0.15) is 5.10 Å². The van der Waals surface area contributed by atoms with Crippen LogP contribution in [0.5, 0.6) is 17.2 Å². The van der Waals surface area contributed by atoms with E-state index in [0.717, 1.165) is 22.4 Å². The number of carbonyl (C=O) groups is 1. The Labute approximate surface area is 205 Å². The molecule has 1 N–H and O–H groups in total. The summed E-state index contributed by atoms with van der Waals surface area (Å²) in [5.41, 5.74) is 5.34. The van der Waals surface area contributed by atoms with Crippen molar-refractivity contribution in [2.24, 2.45) is 5.10 Å². The molecule has 7 heteroatoms. The smallest absolute Gasteiger partial charge is 0.283 e. The molecular formula is C27H29ClN2O4. The first-order chi connectivity index (χ1) is 16.2. The maximum Gasteiger partial charge on any atom is 0.283 e. The van der Waals surface area contributed by atoms with Crippen LogP contribution >= 0.6 is 11.6 Å². The number of nitrogens with zero attached hydrogens (tertiary/aromatic N) is 1. The number of halogens is 1. The number of ether oxygens (including phenoxy) is 3. The summed E-state index contributed by atoms with van der Waals surface area (Å²) < 4.78 is 17.3. The van der Waals surface area contributed by atoms with Gasteiger partial charge in [-0.3, -0.25) is 4.79 Å². The minimum Gasteiger partial charge on any atom is -0.496 e. The van der Waals surface area contributed by atoms with Gasteiger partial charge in [0.15, 0.2) is 5.60 Å². The minimum atomic E-state index is -1.13. The first kappa shape index (κ1) is 25.1. The number of amides is 1. The quantitative estimate of drug-likeness (QED) is 0.308. The van der Waals surface area contributed by atoms with E-state index < -0.39 is 5.60 Å². The molecular weight excluding hydrogens is 452 g/mol. The molecule has 3 rings (SSSR count). The lowest BCUT2D eigenvalue weighted by atomic mass is 10.1. The Morgan fingerprint density at radius 1 is 1.06 bits per heavy atom. The lowest BCUT2D eigenvalue weighted by Gasteiger charge is -2.24. The van der Waals surface area contributed by atoms with E-state index in [1.165, 1.54) is 5.56 Å². The Kier molecular flexibility index (Phi) is 8.18. The van der Waals surface area contributed by atoms with Crippen LogP contribution in [0.3, 0.4) is 0 Å². The van der Waals surface area contributed by atoms with Crippen LogP contribution in [0.4, 0.5) is 0 Å². The highest BCUT2D eigenvalue weighted by Gasteiger charge is 2.29. The monoisotopic (exact) mass is 480 g/mol. The van der Waals surface area contributed by atoms with E-state index >= 15 is 0 Å². The molecule has 0 fully saturated rings. The molecule has 0 aliphatic heterocycles. The van der Waals surface area contributed by atoms with E-state index in [0.29, 0.717) is 23.1 Å². The second-order valence-corrected chi connectivity index (χ2v) is 8.76. The highest BCUT2D eigenvalue weighted by Crippen LogP contribution is 2.25. The van der Waals surface area contributed by atoms with Crippen molar-refractivity contribution in [1.82, 2.24) is 5.43 Å². The largest absolute Gasteiger partial charge is 0.496 e. The highest BCUT2D eigenvalue weighted by molar-refractivity contribution is 6.30. The third-order valence-corrected chi connectivity index (χ3v) is 5.61. The molecule has 0 unspecified atom stereocenters. The van der Waals surface area contributed by atoms with Gasteiger partial charge >= 0.3 is 0 Å².